The van der Waals surface area contributed by atoms with Crippen LogP contribution in [0.4, 0.5) is 0 Å². The van der Waals surface area contributed by atoms with Crippen LogP contribution in [0.3, 0.4) is 0 Å². The molecule has 1 aliphatic heterocycles. The second kappa shape index (κ2) is 5.02. The van der Waals surface area contributed by atoms with E-state index in [9.17, 15) is 0 Å². The third-order valence-electron chi connectivity index (χ3n) is 4.20. The lowest BCUT2D eigenvalue weighted by atomic mass is 9.87. The van der Waals surface area contributed by atoms with Gasteiger partial charge in [0, 0.05) is 25.2 Å². The first kappa shape index (κ1) is 12.2. The molecule has 0 radical (unpaired) electrons. The summed E-state index contributed by atoms with van der Waals surface area (Å²) in [5.41, 5.74) is 2.90. The number of hydrogen-bond donors (Lipinski definition) is 1. The highest BCUT2D eigenvalue weighted by molar-refractivity contribution is 5.26. The van der Waals surface area contributed by atoms with Gasteiger partial charge < -0.3 is 10.2 Å². The van der Waals surface area contributed by atoms with Crippen LogP contribution in [0, 0.1) is 6.92 Å². The number of nitrogens with one attached hydrogen (secondary N) is 1. The van der Waals surface area contributed by atoms with Crippen LogP contribution in [0.25, 0.3) is 0 Å². The Bertz CT molecular complexity index is 409. The quantitative estimate of drug-likeness (QED) is 0.879. The van der Waals surface area contributed by atoms with Crippen LogP contribution in [0.5, 0.6) is 0 Å². The van der Waals surface area contributed by atoms with Gasteiger partial charge in [0.25, 0.3) is 0 Å². The van der Waals surface area contributed by atoms with E-state index >= 15 is 0 Å². The highest BCUT2D eigenvalue weighted by Crippen LogP contribution is 2.29. The third-order valence-corrected chi connectivity index (χ3v) is 4.20. The topological polar surface area (TPSA) is 15.3 Å². The van der Waals surface area contributed by atoms with Crippen LogP contribution in [-0.2, 0) is 0 Å². The minimum absolute atomic E-state index is 0.682. The first-order valence-corrected chi connectivity index (χ1v) is 7.22. The SMILES string of the molecule is Cc1cccc(C2CC(NC3CC3)CN(C)C2)c1. The van der Waals surface area contributed by atoms with Crippen molar-refractivity contribution in [1.82, 2.24) is 10.2 Å². The number of hydrogen-bond acceptors (Lipinski definition) is 2. The summed E-state index contributed by atoms with van der Waals surface area (Å²) in [7, 11) is 2.25. The first-order chi connectivity index (χ1) is 8.70. The summed E-state index contributed by atoms with van der Waals surface area (Å²) in [6.45, 7) is 4.60. The van der Waals surface area contributed by atoms with Crippen LogP contribution >= 0.6 is 0 Å². The van der Waals surface area contributed by atoms with Crippen LogP contribution in [0.2, 0.25) is 0 Å². The van der Waals surface area contributed by atoms with Gasteiger partial charge in [-0.05, 0) is 44.7 Å². The Morgan fingerprint density at radius 3 is 2.72 bits per heavy atom. The zero-order chi connectivity index (χ0) is 12.5. The lowest BCUT2D eigenvalue weighted by Crippen LogP contribution is -2.47. The van der Waals surface area contributed by atoms with Crippen LogP contribution in [0.1, 0.15) is 36.3 Å². The van der Waals surface area contributed by atoms with Crippen LogP contribution in [-0.4, -0.2) is 37.1 Å². The van der Waals surface area contributed by atoms with E-state index in [-0.39, 0.29) is 0 Å². The van der Waals surface area contributed by atoms with Crippen LogP contribution < -0.4 is 5.32 Å². The van der Waals surface area contributed by atoms with Crippen molar-refractivity contribution in [1.29, 1.82) is 0 Å². The van der Waals surface area contributed by atoms with Crippen molar-refractivity contribution in [2.75, 3.05) is 20.1 Å². The molecule has 18 heavy (non-hydrogen) atoms. The van der Waals surface area contributed by atoms with E-state index in [4.69, 9.17) is 0 Å². The number of aryl methyl sites for hydroxylation is 1. The molecule has 1 aromatic carbocycles. The van der Waals surface area contributed by atoms with Gasteiger partial charge in [-0.3, -0.25) is 0 Å². The lowest BCUT2D eigenvalue weighted by molar-refractivity contribution is 0.203. The molecule has 1 aliphatic carbocycles. The molecule has 2 heteroatoms. The van der Waals surface area contributed by atoms with Crippen molar-refractivity contribution in [2.45, 2.75) is 44.2 Å². The van der Waals surface area contributed by atoms with E-state index in [0.29, 0.717) is 12.0 Å². The fraction of sp³-hybridized carbons (Fsp3) is 0.625. The zero-order valence-corrected chi connectivity index (χ0v) is 11.5. The van der Waals surface area contributed by atoms with E-state index in [2.05, 4.69) is 48.5 Å². The molecular formula is C16H24N2. The molecule has 0 bridgehead atoms. The van der Waals surface area contributed by atoms with Gasteiger partial charge in [0.2, 0.25) is 0 Å². The predicted molar refractivity (Wildman–Crippen MR) is 76.0 cm³/mol. The van der Waals surface area contributed by atoms with Gasteiger partial charge in [0.1, 0.15) is 0 Å². The highest BCUT2D eigenvalue weighted by Gasteiger charge is 2.30. The number of rotatable bonds is 3. The summed E-state index contributed by atoms with van der Waals surface area (Å²) >= 11 is 0. The maximum atomic E-state index is 3.80. The Labute approximate surface area is 110 Å². The fourth-order valence-electron chi connectivity index (χ4n) is 3.19. The Kier molecular flexibility index (Phi) is 3.40. The number of piperidine rings is 1. The Morgan fingerprint density at radius 2 is 2.00 bits per heavy atom. The van der Waals surface area contributed by atoms with E-state index < -0.39 is 0 Å². The largest absolute Gasteiger partial charge is 0.310 e. The summed E-state index contributed by atoms with van der Waals surface area (Å²) in [6.07, 6.45) is 4.06. The zero-order valence-electron chi connectivity index (χ0n) is 11.5. The van der Waals surface area contributed by atoms with Gasteiger partial charge >= 0.3 is 0 Å². The smallest absolute Gasteiger partial charge is 0.0203 e. The Balaban J connectivity index is 1.70. The standard InChI is InChI=1S/C16H24N2/c1-12-4-3-5-13(8-12)14-9-16(11-18(2)10-14)17-15-6-7-15/h3-5,8,14-17H,6-7,9-11H2,1-2H3. The number of likely N-dealkylation sites (N-methyl/N-ethyl adjacent to an activating group) is 1. The van der Waals surface area contributed by atoms with Gasteiger partial charge in [0.15, 0.2) is 0 Å². The predicted octanol–water partition coefficient (Wildman–Crippen LogP) is 2.53. The molecule has 2 fully saturated rings. The molecule has 1 saturated heterocycles. The summed E-state index contributed by atoms with van der Waals surface area (Å²) in [6, 6.07) is 10.5. The summed E-state index contributed by atoms with van der Waals surface area (Å²) in [4.78, 5) is 2.48. The minimum Gasteiger partial charge on any atom is -0.310 e. The average Bonchev–Trinajstić information content (AvgIpc) is 3.12. The van der Waals surface area contributed by atoms with E-state index in [1.807, 2.05) is 0 Å². The maximum absolute atomic E-state index is 3.80. The molecule has 0 spiro atoms. The van der Waals surface area contributed by atoms with Gasteiger partial charge in [-0.25, -0.2) is 0 Å². The molecule has 98 valence electrons. The molecular weight excluding hydrogens is 220 g/mol. The van der Waals surface area contributed by atoms with Crippen molar-refractivity contribution < 1.29 is 0 Å². The Hall–Kier alpha value is -0.860. The molecule has 3 rings (SSSR count). The van der Waals surface area contributed by atoms with Crippen molar-refractivity contribution in [3.8, 4) is 0 Å². The van der Waals surface area contributed by atoms with Gasteiger partial charge in [0.05, 0.1) is 0 Å². The number of nitrogens with zero attached hydrogens (tertiary/aromatic N) is 1. The molecule has 1 aromatic rings. The van der Waals surface area contributed by atoms with Crippen molar-refractivity contribution >= 4 is 0 Å². The molecule has 0 aromatic heterocycles. The number of likely N-dealkylation sites (tertiary alicyclic amines) is 1. The summed E-state index contributed by atoms with van der Waals surface area (Å²) < 4.78 is 0. The molecule has 0 amide bonds. The van der Waals surface area contributed by atoms with Crippen LogP contribution in [0.15, 0.2) is 24.3 Å². The first-order valence-electron chi connectivity index (χ1n) is 7.22. The molecule has 2 unspecified atom stereocenters. The fourth-order valence-corrected chi connectivity index (χ4v) is 3.19. The van der Waals surface area contributed by atoms with E-state index in [0.717, 1.165) is 6.04 Å². The average molecular weight is 244 g/mol. The number of benzene rings is 1. The second-order valence-electron chi connectivity index (χ2n) is 6.21. The second-order valence-corrected chi connectivity index (χ2v) is 6.21. The molecule has 1 N–H and O–H groups in total. The molecule has 2 nitrogen and oxygen atoms in total. The summed E-state index contributed by atoms with van der Waals surface area (Å²) in [5.74, 6) is 0.694. The van der Waals surface area contributed by atoms with Gasteiger partial charge in [-0.2, -0.15) is 0 Å². The molecule has 2 atom stereocenters. The Morgan fingerprint density at radius 1 is 1.17 bits per heavy atom. The lowest BCUT2D eigenvalue weighted by Gasteiger charge is -2.36. The molecule has 2 aliphatic rings. The normalized spacial score (nSPS) is 29.4. The highest BCUT2D eigenvalue weighted by atomic mass is 15.2. The van der Waals surface area contributed by atoms with E-state index in [1.165, 1.54) is 43.5 Å². The van der Waals surface area contributed by atoms with Gasteiger partial charge in [-0.1, -0.05) is 29.8 Å². The molecule has 1 heterocycles. The van der Waals surface area contributed by atoms with Crippen molar-refractivity contribution in [2.24, 2.45) is 0 Å². The van der Waals surface area contributed by atoms with Crippen molar-refractivity contribution in [3.05, 3.63) is 35.4 Å². The van der Waals surface area contributed by atoms with Gasteiger partial charge in [-0.15, -0.1) is 0 Å². The third kappa shape index (κ3) is 2.93. The minimum atomic E-state index is 0.682. The maximum Gasteiger partial charge on any atom is 0.0203 e. The monoisotopic (exact) mass is 244 g/mol. The molecule has 1 saturated carbocycles. The summed E-state index contributed by atoms with van der Waals surface area (Å²) in [5, 5.41) is 3.80. The van der Waals surface area contributed by atoms with Crippen molar-refractivity contribution in [3.63, 3.8) is 0 Å². The van der Waals surface area contributed by atoms with E-state index in [1.54, 1.807) is 0 Å².